The number of ether oxygens (including phenoxy) is 2. The van der Waals surface area contributed by atoms with E-state index in [1.807, 2.05) is 22.8 Å². The molecule has 1 heterocycles. The summed E-state index contributed by atoms with van der Waals surface area (Å²) in [7, 11) is 3.19. The number of aromatic nitrogens is 2. The van der Waals surface area contributed by atoms with Crippen LogP contribution in [-0.4, -0.2) is 35.5 Å². The molecule has 1 N–H and O–H groups in total. The zero-order valence-corrected chi connectivity index (χ0v) is 23.5. The Hall–Kier alpha value is -3.43. The maximum Gasteiger partial charge on any atom is 0.173 e. The van der Waals surface area contributed by atoms with Gasteiger partial charge in [0, 0.05) is 29.0 Å². The predicted octanol–water partition coefficient (Wildman–Crippen LogP) is 6.78. The molecular weight excluding hydrogens is 537 g/mol. The monoisotopic (exact) mass is 568 g/mol. The molecule has 210 valence electrons. The van der Waals surface area contributed by atoms with Gasteiger partial charge in [0.2, 0.25) is 0 Å². The minimum Gasteiger partial charge on any atom is -0.493 e. The molecule has 0 radical (unpaired) electrons. The van der Waals surface area contributed by atoms with E-state index < -0.39 is 17.0 Å². The summed E-state index contributed by atoms with van der Waals surface area (Å²) in [5.74, 6) is -0.413. The van der Waals surface area contributed by atoms with Gasteiger partial charge >= 0.3 is 0 Å². The van der Waals surface area contributed by atoms with E-state index >= 15 is 0 Å². The molecular formula is C31H31F3N2O3S. The Kier molecular flexibility index (Phi) is 8.14. The van der Waals surface area contributed by atoms with Crippen LogP contribution < -0.4 is 9.47 Å². The van der Waals surface area contributed by atoms with Crippen LogP contribution >= 0.6 is 11.8 Å². The molecule has 3 aromatic carbocycles. The summed E-state index contributed by atoms with van der Waals surface area (Å²) in [6.45, 7) is 1.97. The number of aliphatic hydroxyl groups excluding tert-OH is 1. The lowest BCUT2D eigenvalue weighted by Gasteiger charge is -2.36. The van der Waals surface area contributed by atoms with Crippen LogP contribution in [0.5, 0.6) is 11.5 Å². The van der Waals surface area contributed by atoms with Crippen LogP contribution in [0, 0.1) is 17.5 Å². The number of halogens is 3. The standard InChI is InChI=1S/C31H31F3N2O3S/c1-31(20-6-11-27(38-2)28(17-20)39-3)13-4-5-26-29(31)36(22-9-7-21(32)8-10-22)30(35-26)40-18-23-24(33)15-19(12-14-37)16-25(23)34/h6-11,15-17,37H,4-5,12-14,18H2,1-3H3. The van der Waals surface area contributed by atoms with Gasteiger partial charge in [-0.15, -0.1) is 0 Å². The van der Waals surface area contributed by atoms with Crippen molar-refractivity contribution in [2.45, 2.75) is 48.9 Å². The molecule has 5 rings (SSSR count). The van der Waals surface area contributed by atoms with Gasteiger partial charge in [-0.2, -0.15) is 0 Å². The Labute approximate surface area is 236 Å². The fourth-order valence-electron chi connectivity index (χ4n) is 5.50. The molecule has 1 aliphatic carbocycles. The number of nitrogens with zero attached hydrogens (tertiary/aromatic N) is 2. The summed E-state index contributed by atoms with van der Waals surface area (Å²) in [5, 5.41) is 9.71. The summed E-state index contributed by atoms with van der Waals surface area (Å²) < 4.78 is 56.7. The molecule has 1 unspecified atom stereocenters. The van der Waals surface area contributed by atoms with Crippen molar-refractivity contribution in [3.63, 3.8) is 0 Å². The normalized spacial score (nSPS) is 16.6. The highest BCUT2D eigenvalue weighted by Gasteiger charge is 2.40. The zero-order chi connectivity index (χ0) is 28.4. The highest BCUT2D eigenvalue weighted by atomic mass is 32.2. The van der Waals surface area contributed by atoms with Crippen LogP contribution in [0.1, 0.15) is 47.8 Å². The van der Waals surface area contributed by atoms with Crippen LogP contribution in [0.2, 0.25) is 0 Å². The molecule has 4 aromatic rings. The second-order valence-corrected chi connectivity index (χ2v) is 11.0. The van der Waals surface area contributed by atoms with Gasteiger partial charge in [-0.05, 0) is 92.3 Å². The van der Waals surface area contributed by atoms with Gasteiger partial charge in [-0.3, -0.25) is 4.57 Å². The van der Waals surface area contributed by atoms with Gasteiger partial charge in [-0.25, -0.2) is 18.2 Å². The summed E-state index contributed by atoms with van der Waals surface area (Å²) in [6.07, 6.45) is 2.66. The topological polar surface area (TPSA) is 56.5 Å². The minimum absolute atomic E-state index is 0.0151. The molecule has 0 saturated carbocycles. The minimum atomic E-state index is -0.657. The van der Waals surface area contributed by atoms with Gasteiger partial charge < -0.3 is 14.6 Å². The maximum absolute atomic E-state index is 14.9. The van der Waals surface area contributed by atoms with Crippen LogP contribution in [0.15, 0.2) is 59.8 Å². The van der Waals surface area contributed by atoms with Gasteiger partial charge in [-0.1, -0.05) is 17.8 Å². The molecule has 1 aliphatic rings. The van der Waals surface area contributed by atoms with Gasteiger partial charge in [0.1, 0.15) is 17.5 Å². The van der Waals surface area contributed by atoms with Crippen LogP contribution in [0.25, 0.3) is 5.69 Å². The second-order valence-electron chi connectivity index (χ2n) is 10.1. The lowest BCUT2D eigenvalue weighted by Crippen LogP contribution is -2.31. The lowest BCUT2D eigenvalue weighted by atomic mass is 9.71. The first-order valence-electron chi connectivity index (χ1n) is 13.1. The third-order valence-electron chi connectivity index (χ3n) is 7.58. The summed E-state index contributed by atoms with van der Waals surface area (Å²) in [4.78, 5) is 4.97. The zero-order valence-electron chi connectivity index (χ0n) is 22.6. The summed E-state index contributed by atoms with van der Waals surface area (Å²) >= 11 is 1.23. The second kappa shape index (κ2) is 11.6. The Bertz CT molecular complexity index is 1500. The number of methoxy groups -OCH3 is 2. The quantitative estimate of drug-likeness (QED) is 0.226. The predicted molar refractivity (Wildman–Crippen MR) is 149 cm³/mol. The average Bonchev–Trinajstić information content (AvgIpc) is 3.32. The Balaban J connectivity index is 1.62. The highest BCUT2D eigenvalue weighted by molar-refractivity contribution is 7.98. The first-order chi connectivity index (χ1) is 19.3. The van der Waals surface area contributed by atoms with E-state index in [-0.39, 0.29) is 30.2 Å². The third kappa shape index (κ3) is 5.20. The van der Waals surface area contributed by atoms with Crippen molar-refractivity contribution in [1.29, 1.82) is 0 Å². The lowest BCUT2D eigenvalue weighted by molar-refractivity contribution is 0.299. The number of hydrogen-bond acceptors (Lipinski definition) is 5. The molecule has 0 aliphatic heterocycles. The van der Waals surface area contributed by atoms with Gasteiger partial charge in [0.25, 0.3) is 0 Å². The Morgan fingerprint density at radius 2 is 1.68 bits per heavy atom. The van der Waals surface area contributed by atoms with Gasteiger partial charge in [0.15, 0.2) is 16.7 Å². The van der Waals surface area contributed by atoms with Crippen molar-refractivity contribution >= 4 is 11.8 Å². The first-order valence-corrected chi connectivity index (χ1v) is 14.1. The van der Waals surface area contributed by atoms with Crippen molar-refractivity contribution in [3.05, 3.63) is 100 Å². The largest absolute Gasteiger partial charge is 0.493 e. The van der Waals surface area contributed by atoms with E-state index in [1.54, 1.807) is 26.4 Å². The summed E-state index contributed by atoms with van der Waals surface area (Å²) in [5.41, 5.74) is 3.46. The maximum atomic E-state index is 14.9. The van der Waals surface area contributed by atoms with Crippen molar-refractivity contribution in [3.8, 4) is 17.2 Å². The SMILES string of the molecule is COc1ccc(C2(C)CCCc3nc(SCc4c(F)cc(CCO)cc4F)n(-c4ccc(F)cc4)c32)cc1OC. The number of rotatable bonds is 9. The van der Waals surface area contributed by atoms with Crippen molar-refractivity contribution in [2.24, 2.45) is 0 Å². The number of benzene rings is 3. The molecule has 0 saturated heterocycles. The fraction of sp³-hybridized carbons (Fsp3) is 0.323. The molecule has 5 nitrogen and oxygen atoms in total. The van der Waals surface area contributed by atoms with Crippen LogP contribution in [-0.2, 0) is 24.0 Å². The first kappa shape index (κ1) is 28.1. The van der Waals surface area contributed by atoms with E-state index in [9.17, 15) is 13.2 Å². The number of aryl methyl sites for hydroxylation is 1. The number of aliphatic hydroxyl groups is 1. The third-order valence-corrected chi connectivity index (χ3v) is 8.55. The van der Waals surface area contributed by atoms with E-state index in [0.29, 0.717) is 27.9 Å². The average molecular weight is 569 g/mol. The van der Waals surface area contributed by atoms with Crippen molar-refractivity contribution < 1.29 is 27.8 Å². The number of fused-ring (bicyclic) bond motifs is 1. The molecule has 0 amide bonds. The number of imidazole rings is 1. The Morgan fingerprint density at radius 1 is 0.975 bits per heavy atom. The van der Waals surface area contributed by atoms with E-state index in [0.717, 1.165) is 36.2 Å². The highest BCUT2D eigenvalue weighted by Crippen LogP contribution is 2.47. The van der Waals surface area contributed by atoms with Gasteiger partial charge in [0.05, 0.1) is 25.6 Å². The van der Waals surface area contributed by atoms with Crippen LogP contribution in [0.3, 0.4) is 0 Å². The molecule has 0 fully saturated rings. The van der Waals surface area contributed by atoms with Crippen LogP contribution in [0.4, 0.5) is 13.2 Å². The van der Waals surface area contributed by atoms with Crippen molar-refractivity contribution in [2.75, 3.05) is 20.8 Å². The molecule has 9 heteroatoms. The summed E-state index contributed by atoms with van der Waals surface area (Å²) in [6, 6.07) is 14.6. The van der Waals surface area contributed by atoms with E-state index in [4.69, 9.17) is 19.6 Å². The number of thioether (sulfide) groups is 1. The molecule has 0 bridgehead atoms. The van der Waals surface area contributed by atoms with E-state index in [1.165, 1.54) is 36.0 Å². The molecule has 1 atom stereocenters. The number of hydrogen-bond donors (Lipinski definition) is 1. The van der Waals surface area contributed by atoms with Crippen molar-refractivity contribution in [1.82, 2.24) is 9.55 Å². The van der Waals surface area contributed by atoms with E-state index in [2.05, 4.69) is 6.92 Å². The molecule has 1 aromatic heterocycles. The Morgan fingerprint density at radius 3 is 2.33 bits per heavy atom. The molecule has 40 heavy (non-hydrogen) atoms. The fourth-order valence-corrected chi connectivity index (χ4v) is 6.55. The molecule has 0 spiro atoms. The smallest absolute Gasteiger partial charge is 0.173 e.